The smallest absolute Gasteiger partial charge is 0.268 e. The van der Waals surface area contributed by atoms with E-state index in [0.717, 1.165) is 4.31 Å². The van der Waals surface area contributed by atoms with Gasteiger partial charge in [0.25, 0.3) is 21.8 Å². The van der Waals surface area contributed by atoms with Gasteiger partial charge in [-0.2, -0.15) is 0 Å². The molecule has 0 aliphatic carbocycles. The molecule has 1 aliphatic rings. The fraction of sp³-hybridized carbons (Fsp3) is 0.111. The average Bonchev–Trinajstić information content (AvgIpc) is 2.86. The lowest BCUT2D eigenvalue weighted by molar-refractivity contribution is 0.0875. The number of sulfonamides is 1. The monoisotopic (exact) mass is 382 g/mol. The largest absolute Gasteiger partial charge is 0.322 e. The van der Waals surface area contributed by atoms with Crippen LogP contribution in [0, 0.1) is 0 Å². The molecule has 0 spiro atoms. The second kappa shape index (κ2) is 6.13. The summed E-state index contributed by atoms with van der Waals surface area (Å²) < 4.78 is 25.7. The third kappa shape index (κ3) is 2.72. The highest BCUT2D eigenvalue weighted by Gasteiger charge is 2.40. The van der Waals surface area contributed by atoms with E-state index >= 15 is 0 Å². The van der Waals surface area contributed by atoms with Crippen LogP contribution < -0.4 is 5.32 Å². The van der Waals surface area contributed by atoms with Gasteiger partial charge in [-0.1, -0.05) is 0 Å². The molecule has 27 heavy (non-hydrogen) atoms. The molecule has 2 amide bonds. The average molecular weight is 382 g/mol. The number of anilines is 1. The maximum Gasteiger partial charge on any atom is 0.268 e. The van der Waals surface area contributed by atoms with Crippen LogP contribution in [0.2, 0.25) is 0 Å². The molecular formula is C18H14N4O4S. The van der Waals surface area contributed by atoms with Crippen LogP contribution in [0.15, 0.2) is 53.7 Å². The molecular weight excluding hydrogens is 368 g/mol. The Morgan fingerprint density at radius 2 is 1.81 bits per heavy atom. The van der Waals surface area contributed by atoms with Crippen molar-refractivity contribution in [3.63, 3.8) is 0 Å². The van der Waals surface area contributed by atoms with Gasteiger partial charge in [0.1, 0.15) is 4.90 Å². The van der Waals surface area contributed by atoms with Crippen LogP contribution in [0.5, 0.6) is 0 Å². The van der Waals surface area contributed by atoms with Gasteiger partial charge in [-0.25, -0.2) is 12.7 Å². The minimum Gasteiger partial charge on any atom is -0.322 e. The van der Waals surface area contributed by atoms with Crippen molar-refractivity contribution in [2.75, 3.05) is 11.9 Å². The highest BCUT2D eigenvalue weighted by Crippen LogP contribution is 2.31. The van der Waals surface area contributed by atoms with Gasteiger partial charge < -0.3 is 5.32 Å². The third-order valence-corrected chi connectivity index (χ3v) is 6.18. The molecule has 136 valence electrons. The molecule has 0 fully saturated rings. The summed E-state index contributed by atoms with van der Waals surface area (Å²) in [6, 6.07) is 9.11. The molecule has 8 nitrogen and oxygen atoms in total. The number of carbonyl (C=O) groups is 2. The summed E-state index contributed by atoms with van der Waals surface area (Å²) in [6.07, 6.45) is 3.13. The van der Waals surface area contributed by atoms with E-state index in [9.17, 15) is 18.0 Å². The Morgan fingerprint density at radius 3 is 2.56 bits per heavy atom. The van der Waals surface area contributed by atoms with Gasteiger partial charge in [0.15, 0.2) is 0 Å². The molecule has 9 heteroatoms. The first-order valence-electron chi connectivity index (χ1n) is 8.15. The van der Waals surface area contributed by atoms with Crippen LogP contribution in [0.4, 0.5) is 5.69 Å². The molecule has 2 heterocycles. The molecule has 0 radical (unpaired) electrons. The summed E-state index contributed by atoms with van der Waals surface area (Å²) in [4.78, 5) is 32.9. The minimum atomic E-state index is -3.92. The van der Waals surface area contributed by atoms with E-state index in [4.69, 9.17) is 0 Å². The Hall–Kier alpha value is -3.33. The van der Waals surface area contributed by atoms with E-state index in [2.05, 4.69) is 15.3 Å². The van der Waals surface area contributed by atoms with Gasteiger partial charge in [-0.3, -0.25) is 19.6 Å². The van der Waals surface area contributed by atoms with Crippen molar-refractivity contribution in [1.29, 1.82) is 0 Å². The molecule has 2 aromatic carbocycles. The molecule has 0 atom stereocenters. The number of hydrogen-bond donors (Lipinski definition) is 1. The van der Waals surface area contributed by atoms with Crippen molar-refractivity contribution < 1.29 is 18.0 Å². The maximum atomic E-state index is 12.6. The number of fused-ring (bicyclic) bond motifs is 2. The topological polar surface area (TPSA) is 109 Å². The van der Waals surface area contributed by atoms with Crippen LogP contribution in [0.25, 0.3) is 11.0 Å². The molecule has 0 saturated carbocycles. The summed E-state index contributed by atoms with van der Waals surface area (Å²) in [5.74, 6) is -1.06. The van der Waals surface area contributed by atoms with Crippen LogP contribution in [0.1, 0.15) is 27.6 Å². The first kappa shape index (κ1) is 17.1. The first-order valence-corrected chi connectivity index (χ1v) is 9.59. The van der Waals surface area contributed by atoms with E-state index in [0.29, 0.717) is 16.7 Å². The minimum absolute atomic E-state index is 0.0372. The van der Waals surface area contributed by atoms with Crippen LogP contribution >= 0.6 is 0 Å². The van der Waals surface area contributed by atoms with Crippen molar-refractivity contribution >= 4 is 38.6 Å². The summed E-state index contributed by atoms with van der Waals surface area (Å²) in [5, 5.41) is 2.71. The third-order valence-electron chi connectivity index (χ3n) is 4.28. The van der Waals surface area contributed by atoms with E-state index in [1.165, 1.54) is 18.2 Å². The van der Waals surface area contributed by atoms with Crippen molar-refractivity contribution in [2.24, 2.45) is 0 Å². The van der Waals surface area contributed by atoms with Crippen LogP contribution in [-0.2, 0) is 10.0 Å². The molecule has 1 aromatic heterocycles. The predicted molar refractivity (Wildman–Crippen MR) is 97.8 cm³/mol. The fourth-order valence-corrected chi connectivity index (χ4v) is 4.58. The van der Waals surface area contributed by atoms with E-state index < -0.39 is 21.8 Å². The van der Waals surface area contributed by atoms with Gasteiger partial charge >= 0.3 is 0 Å². The van der Waals surface area contributed by atoms with Gasteiger partial charge in [0.05, 0.1) is 16.6 Å². The molecule has 0 bridgehead atoms. The lowest BCUT2D eigenvalue weighted by Crippen LogP contribution is -2.29. The summed E-state index contributed by atoms with van der Waals surface area (Å²) in [7, 11) is -3.92. The maximum absolute atomic E-state index is 12.6. The first-order chi connectivity index (χ1) is 12.9. The number of rotatable bonds is 3. The zero-order chi connectivity index (χ0) is 19.2. The highest BCUT2D eigenvalue weighted by molar-refractivity contribution is 7.90. The Kier molecular flexibility index (Phi) is 3.88. The van der Waals surface area contributed by atoms with Gasteiger partial charge in [-0.15, -0.1) is 0 Å². The zero-order valence-electron chi connectivity index (χ0n) is 14.2. The summed E-state index contributed by atoms with van der Waals surface area (Å²) in [6.45, 7) is 1.62. The van der Waals surface area contributed by atoms with Crippen LogP contribution in [0.3, 0.4) is 0 Å². The van der Waals surface area contributed by atoms with Gasteiger partial charge in [0.2, 0.25) is 0 Å². The second-order valence-corrected chi connectivity index (χ2v) is 7.73. The van der Waals surface area contributed by atoms with Crippen LogP contribution in [-0.4, -0.2) is 41.1 Å². The van der Waals surface area contributed by atoms with E-state index in [1.54, 1.807) is 37.5 Å². The Bertz CT molecular complexity index is 1210. The molecule has 3 aromatic rings. The quantitative estimate of drug-likeness (QED) is 0.742. The normalized spacial score (nSPS) is 15.0. The van der Waals surface area contributed by atoms with Crippen molar-refractivity contribution in [1.82, 2.24) is 14.3 Å². The van der Waals surface area contributed by atoms with Gasteiger partial charge in [0, 0.05) is 30.2 Å². The van der Waals surface area contributed by atoms with Crippen molar-refractivity contribution in [3.8, 4) is 0 Å². The van der Waals surface area contributed by atoms with Gasteiger partial charge in [-0.05, 0) is 43.3 Å². The molecule has 4 rings (SSSR count). The number of benzene rings is 2. The van der Waals surface area contributed by atoms with E-state index in [-0.39, 0.29) is 22.6 Å². The number of hydrogen-bond acceptors (Lipinski definition) is 6. The number of nitrogens with one attached hydrogen (secondary N) is 1. The standard InChI is InChI=1S/C18H14N4O4S/c1-2-22-18(24)13-5-3-11(9-16(13)27(22,25)26)17(23)21-12-4-6-14-15(10-12)20-8-7-19-14/h3-10H,2H2,1H3,(H,21,23). The number of carbonyl (C=O) groups excluding carboxylic acids is 2. The molecule has 0 saturated heterocycles. The Labute approximate surface area is 154 Å². The number of amides is 2. The number of aromatic nitrogens is 2. The van der Waals surface area contributed by atoms with E-state index in [1.807, 2.05) is 0 Å². The van der Waals surface area contributed by atoms with Crippen molar-refractivity contribution in [3.05, 3.63) is 59.9 Å². The van der Waals surface area contributed by atoms with Crippen molar-refractivity contribution in [2.45, 2.75) is 11.8 Å². The number of nitrogens with zero attached hydrogens (tertiary/aromatic N) is 3. The predicted octanol–water partition coefficient (Wildman–Crippen LogP) is 2.05. The lowest BCUT2D eigenvalue weighted by atomic mass is 10.1. The summed E-state index contributed by atoms with van der Waals surface area (Å²) in [5.41, 5.74) is 2.03. The lowest BCUT2D eigenvalue weighted by Gasteiger charge is -2.11. The Balaban J connectivity index is 1.66. The molecule has 0 unspecified atom stereocenters. The summed E-state index contributed by atoms with van der Waals surface area (Å²) >= 11 is 0. The molecule has 1 aliphatic heterocycles. The fourth-order valence-electron chi connectivity index (χ4n) is 2.97. The SMILES string of the molecule is CCN1C(=O)c2ccc(C(=O)Nc3ccc4nccnc4c3)cc2S1(=O)=O. The second-order valence-electron chi connectivity index (χ2n) is 5.90. The highest BCUT2D eigenvalue weighted by atomic mass is 32.2. The molecule has 1 N–H and O–H groups in total. The Morgan fingerprint density at radius 1 is 1.07 bits per heavy atom. The zero-order valence-corrected chi connectivity index (χ0v) is 15.0.